The zero-order valence-corrected chi connectivity index (χ0v) is 14.4. The highest BCUT2D eigenvalue weighted by Gasteiger charge is 2.15. The van der Waals surface area contributed by atoms with E-state index in [4.69, 9.17) is 9.47 Å². The van der Waals surface area contributed by atoms with Crippen LogP contribution in [0.5, 0.6) is 11.5 Å². The number of unbranched alkanes of at least 4 members (excludes halogenated alkanes) is 2. The van der Waals surface area contributed by atoms with Crippen LogP contribution < -0.4 is 10.1 Å². The summed E-state index contributed by atoms with van der Waals surface area (Å²) in [7, 11) is 0. The lowest BCUT2D eigenvalue weighted by Crippen LogP contribution is -2.29. The van der Waals surface area contributed by atoms with E-state index in [1.807, 2.05) is 18.2 Å². The monoisotopic (exact) mass is 341 g/mol. The molecule has 0 aliphatic carbocycles. The molecule has 0 atom stereocenters. The van der Waals surface area contributed by atoms with Gasteiger partial charge in [-0.1, -0.05) is 50.1 Å². The lowest BCUT2D eigenvalue weighted by Gasteiger charge is -2.11. The van der Waals surface area contributed by atoms with Crippen LogP contribution in [-0.4, -0.2) is 25.0 Å². The molecule has 1 N–H and O–H groups in total. The van der Waals surface area contributed by atoms with E-state index in [9.17, 15) is 9.59 Å². The number of nitrogens with one attached hydrogen (secondary N) is 1. The van der Waals surface area contributed by atoms with Crippen molar-refractivity contribution in [3.8, 4) is 11.5 Å². The van der Waals surface area contributed by atoms with Crippen LogP contribution in [-0.2, 0) is 9.53 Å². The molecule has 0 aliphatic heterocycles. The number of rotatable bonds is 9. The van der Waals surface area contributed by atoms with E-state index < -0.39 is 5.97 Å². The molecule has 2 aromatic rings. The number of esters is 1. The highest BCUT2D eigenvalue weighted by atomic mass is 16.5. The van der Waals surface area contributed by atoms with Crippen LogP contribution in [0.3, 0.4) is 0 Å². The average molecular weight is 341 g/mol. The number of hydrogen-bond donors (Lipinski definition) is 1. The summed E-state index contributed by atoms with van der Waals surface area (Å²) in [4.78, 5) is 24.0. The molecular weight excluding hydrogens is 318 g/mol. The van der Waals surface area contributed by atoms with Crippen LogP contribution in [0.25, 0.3) is 0 Å². The Bertz CT molecular complexity index is 685. The molecular formula is C20H23NO4. The van der Waals surface area contributed by atoms with Crippen LogP contribution in [0.1, 0.15) is 36.5 Å². The van der Waals surface area contributed by atoms with Crippen LogP contribution in [0.15, 0.2) is 54.6 Å². The third-order valence-corrected chi connectivity index (χ3v) is 3.51. The van der Waals surface area contributed by atoms with Crippen LogP contribution in [0, 0.1) is 0 Å². The molecule has 0 saturated heterocycles. The third kappa shape index (κ3) is 6.30. The Balaban J connectivity index is 1.90. The second kappa shape index (κ2) is 10.1. The Morgan fingerprint density at radius 2 is 1.68 bits per heavy atom. The molecule has 0 fully saturated rings. The minimum absolute atomic E-state index is 0.283. The first kappa shape index (κ1) is 18.5. The lowest BCUT2D eigenvalue weighted by molar-refractivity contribution is -0.124. The SMILES string of the molecule is CCCCCNC(=O)COC(=O)c1ccccc1Oc1ccccc1. The zero-order valence-electron chi connectivity index (χ0n) is 14.4. The number of benzene rings is 2. The highest BCUT2D eigenvalue weighted by molar-refractivity contribution is 5.94. The van der Waals surface area contributed by atoms with Gasteiger partial charge in [-0.15, -0.1) is 0 Å². The molecule has 132 valence electrons. The average Bonchev–Trinajstić information content (AvgIpc) is 2.64. The van der Waals surface area contributed by atoms with Gasteiger partial charge in [0.05, 0.1) is 0 Å². The molecule has 0 spiro atoms. The summed E-state index contributed by atoms with van der Waals surface area (Å²) in [5.41, 5.74) is 0.283. The normalized spacial score (nSPS) is 10.1. The van der Waals surface area contributed by atoms with Crippen molar-refractivity contribution >= 4 is 11.9 Å². The van der Waals surface area contributed by atoms with Gasteiger partial charge in [-0.25, -0.2) is 4.79 Å². The smallest absolute Gasteiger partial charge is 0.342 e. The van der Waals surface area contributed by atoms with Gasteiger partial charge < -0.3 is 14.8 Å². The summed E-state index contributed by atoms with van der Waals surface area (Å²) in [6.45, 7) is 2.39. The van der Waals surface area contributed by atoms with Gasteiger partial charge in [-0.3, -0.25) is 4.79 Å². The van der Waals surface area contributed by atoms with Gasteiger partial charge in [0, 0.05) is 6.54 Å². The molecule has 5 heteroatoms. The number of carbonyl (C=O) groups is 2. The Hall–Kier alpha value is -2.82. The summed E-state index contributed by atoms with van der Waals surface area (Å²) in [5.74, 6) is 0.125. The predicted octanol–water partition coefficient (Wildman–Crippen LogP) is 3.94. The molecule has 5 nitrogen and oxygen atoms in total. The van der Waals surface area contributed by atoms with Crippen molar-refractivity contribution in [3.63, 3.8) is 0 Å². The Morgan fingerprint density at radius 3 is 2.44 bits per heavy atom. The molecule has 2 rings (SSSR count). The van der Waals surface area contributed by atoms with Gasteiger partial charge in [0.1, 0.15) is 17.1 Å². The van der Waals surface area contributed by atoms with Crippen molar-refractivity contribution in [3.05, 3.63) is 60.2 Å². The Kier molecular flexibility index (Phi) is 7.50. The molecule has 0 saturated carbocycles. The number of amides is 1. The summed E-state index contributed by atoms with van der Waals surface area (Å²) >= 11 is 0. The van der Waals surface area contributed by atoms with Gasteiger partial charge >= 0.3 is 5.97 Å². The van der Waals surface area contributed by atoms with Crippen LogP contribution in [0.4, 0.5) is 0 Å². The van der Waals surface area contributed by atoms with Crippen molar-refractivity contribution < 1.29 is 19.1 Å². The van der Waals surface area contributed by atoms with Gasteiger partial charge in [-0.2, -0.15) is 0 Å². The summed E-state index contributed by atoms with van der Waals surface area (Å²) in [6, 6.07) is 16.0. The topological polar surface area (TPSA) is 64.6 Å². The maximum absolute atomic E-state index is 12.3. The minimum Gasteiger partial charge on any atom is -0.456 e. The third-order valence-electron chi connectivity index (χ3n) is 3.51. The van der Waals surface area contributed by atoms with Crippen molar-refractivity contribution in [2.75, 3.05) is 13.2 Å². The molecule has 0 radical (unpaired) electrons. The minimum atomic E-state index is -0.588. The Labute approximate surface area is 148 Å². The summed E-state index contributed by atoms with van der Waals surface area (Å²) in [6.07, 6.45) is 3.07. The number of ether oxygens (including phenoxy) is 2. The predicted molar refractivity (Wildman–Crippen MR) is 95.8 cm³/mol. The molecule has 0 heterocycles. The summed E-state index contributed by atoms with van der Waals surface area (Å²) < 4.78 is 10.8. The Morgan fingerprint density at radius 1 is 0.960 bits per heavy atom. The van der Waals surface area contributed by atoms with Crippen molar-refractivity contribution in [1.29, 1.82) is 0 Å². The van der Waals surface area contributed by atoms with E-state index in [-0.39, 0.29) is 18.1 Å². The van der Waals surface area contributed by atoms with E-state index in [1.54, 1.807) is 36.4 Å². The van der Waals surface area contributed by atoms with Gasteiger partial charge in [-0.05, 0) is 30.7 Å². The van der Waals surface area contributed by atoms with Crippen molar-refractivity contribution in [2.45, 2.75) is 26.2 Å². The first-order valence-electron chi connectivity index (χ1n) is 8.46. The maximum atomic E-state index is 12.3. The van der Waals surface area contributed by atoms with Gasteiger partial charge in [0.2, 0.25) is 0 Å². The second-order valence-electron chi connectivity index (χ2n) is 5.54. The van der Waals surface area contributed by atoms with Crippen molar-refractivity contribution in [1.82, 2.24) is 5.32 Å². The van der Waals surface area contributed by atoms with E-state index in [2.05, 4.69) is 12.2 Å². The maximum Gasteiger partial charge on any atom is 0.342 e. The number of para-hydroxylation sites is 2. The number of carbonyl (C=O) groups excluding carboxylic acids is 2. The molecule has 0 aliphatic rings. The van der Waals surface area contributed by atoms with E-state index >= 15 is 0 Å². The summed E-state index contributed by atoms with van der Waals surface area (Å²) in [5, 5.41) is 2.73. The first-order valence-corrected chi connectivity index (χ1v) is 8.46. The molecule has 0 unspecified atom stereocenters. The molecule has 25 heavy (non-hydrogen) atoms. The molecule has 0 bridgehead atoms. The van der Waals surface area contributed by atoms with E-state index in [0.29, 0.717) is 18.0 Å². The fourth-order valence-corrected chi connectivity index (χ4v) is 2.20. The largest absolute Gasteiger partial charge is 0.456 e. The standard InChI is InChI=1S/C20H23NO4/c1-2-3-9-14-21-19(22)15-24-20(23)17-12-7-8-13-18(17)25-16-10-5-4-6-11-16/h4-8,10-13H,2-3,9,14-15H2,1H3,(H,21,22). The second-order valence-corrected chi connectivity index (χ2v) is 5.54. The van der Waals surface area contributed by atoms with Crippen LogP contribution >= 0.6 is 0 Å². The highest BCUT2D eigenvalue weighted by Crippen LogP contribution is 2.25. The fraction of sp³-hybridized carbons (Fsp3) is 0.300. The number of hydrogen-bond acceptors (Lipinski definition) is 4. The molecule has 2 aromatic carbocycles. The van der Waals surface area contributed by atoms with Crippen LogP contribution in [0.2, 0.25) is 0 Å². The fourth-order valence-electron chi connectivity index (χ4n) is 2.20. The molecule has 1 amide bonds. The van der Waals surface area contributed by atoms with Gasteiger partial charge in [0.25, 0.3) is 5.91 Å². The first-order chi connectivity index (χ1) is 12.2. The van der Waals surface area contributed by atoms with E-state index in [0.717, 1.165) is 19.3 Å². The van der Waals surface area contributed by atoms with E-state index in [1.165, 1.54) is 0 Å². The van der Waals surface area contributed by atoms with Crippen molar-refractivity contribution in [2.24, 2.45) is 0 Å². The molecule has 0 aromatic heterocycles. The van der Waals surface area contributed by atoms with Gasteiger partial charge in [0.15, 0.2) is 6.61 Å². The lowest BCUT2D eigenvalue weighted by atomic mass is 10.2. The quantitative estimate of drug-likeness (QED) is 0.554. The zero-order chi connectivity index (χ0) is 17.9.